The maximum Gasteiger partial charge on any atom is 0.265 e. The van der Waals surface area contributed by atoms with Gasteiger partial charge in [-0.3, -0.25) is 9.79 Å². The highest BCUT2D eigenvalue weighted by Crippen LogP contribution is 2.30. The third kappa shape index (κ3) is 4.79. The summed E-state index contributed by atoms with van der Waals surface area (Å²) in [6.45, 7) is 8.28. The van der Waals surface area contributed by atoms with Gasteiger partial charge in [-0.2, -0.15) is 4.99 Å². The highest BCUT2D eigenvalue weighted by atomic mass is 32.1. The highest BCUT2D eigenvalue weighted by Gasteiger charge is 2.18. The Labute approximate surface area is 175 Å². The Morgan fingerprint density at radius 3 is 2.76 bits per heavy atom. The molecule has 2 N–H and O–H groups in total. The van der Waals surface area contributed by atoms with E-state index in [0.29, 0.717) is 18.3 Å². The summed E-state index contributed by atoms with van der Waals surface area (Å²) in [4.78, 5) is 27.6. The summed E-state index contributed by atoms with van der Waals surface area (Å²) < 4.78 is 0. The van der Waals surface area contributed by atoms with Crippen molar-refractivity contribution in [3.05, 3.63) is 50.7 Å². The number of rotatable bonds is 4. The summed E-state index contributed by atoms with van der Waals surface area (Å²) >= 11 is 1.61. The van der Waals surface area contributed by atoms with Gasteiger partial charge < -0.3 is 10.6 Å². The van der Waals surface area contributed by atoms with Crippen molar-refractivity contribution in [3.8, 4) is 0 Å². The van der Waals surface area contributed by atoms with Crippen LogP contribution >= 0.6 is 11.3 Å². The van der Waals surface area contributed by atoms with E-state index < -0.39 is 0 Å². The van der Waals surface area contributed by atoms with Gasteiger partial charge >= 0.3 is 0 Å². The van der Waals surface area contributed by atoms with E-state index in [0.717, 1.165) is 34.5 Å². The second kappa shape index (κ2) is 9.60. The van der Waals surface area contributed by atoms with Crippen LogP contribution in [0, 0.1) is 6.92 Å². The molecule has 2 aromatic rings. The van der Waals surface area contributed by atoms with Crippen LogP contribution in [-0.4, -0.2) is 38.0 Å². The second-order valence-electron chi connectivity index (χ2n) is 6.87. The molecule has 152 valence electrons. The molecule has 1 aliphatic rings. The molecule has 0 fully saturated rings. The Bertz CT molecular complexity index is 950. The maximum atomic E-state index is 12.8. The van der Waals surface area contributed by atoms with E-state index in [1.165, 1.54) is 23.3 Å². The summed E-state index contributed by atoms with van der Waals surface area (Å²) in [5.41, 5.74) is 3.77. The van der Waals surface area contributed by atoms with Gasteiger partial charge in [0.25, 0.3) is 5.91 Å². The van der Waals surface area contributed by atoms with Crippen LogP contribution in [0.3, 0.4) is 0 Å². The lowest BCUT2D eigenvalue weighted by molar-refractivity contribution is 0.103. The molecule has 0 saturated heterocycles. The van der Waals surface area contributed by atoms with Crippen LogP contribution < -0.4 is 10.6 Å². The molecular weight excluding hydrogens is 382 g/mol. The molecule has 1 heterocycles. The number of guanidine groups is 1. The van der Waals surface area contributed by atoms with Gasteiger partial charge in [-0.25, -0.2) is 4.99 Å². The minimum absolute atomic E-state index is 0.0711. The molecule has 0 spiro atoms. The zero-order valence-electron chi connectivity index (χ0n) is 17.2. The molecular formula is C22H27N5OS. The fourth-order valence-electron chi connectivity index (χ4n) is 3.41. The van der Waals surface area contributed by atoms with Crippen molar-refractivity contribution < 1.29 is 4.79 Å². The molecule has 6 nitrogen and oxygen atoms in total. The van der Waals surface area contributed by atoms with E-state index in [9.17, 15) is 4.79 Å². The number of nitrogens with zero attached hydrogens (tertiary/aromatic N) is 3. The number of thiophene rings is 1. The van der Waals surface area contributed by atoms with Gasteiger partial charge in [-0.05, 0) is 69.5 Å². The molecule has 0 saturated carbocycles. The zero-order chi connectivity index (χ0) is 20.8. The Morgan fingerprint density at radius 2 is 2.07 bits per heavy atom. The summed E-state index contributed by atoms with van der Waals surface area (Å²) in [6.07, 6.45) is 4.58. The molecule has 7 heteroatoms. The van der Waals surface area contributed by atoms with Gasteiger partial charge in [-0.15, -0.1) is 11.3 Å². The summed E-state index contributed by atoms with van der Waals surface area (Å²) in [5.74, 6) is 0.887. The molecule has 0 bridgehead atoms. The van der Waals surface area contributed by atoms with Gasteiger partial charge in [0.15, 0.2) is 5.84 Å². The topological polar surface area (TPSA) is 78.2 Å². The molecule has 1 aromatic heterocycles. The third-order valence-corrected chi connectivity index (χ3v) is 6.19. The lowest BCUT2D eigenvalue weighted by atomic mass is 9.99. The number of benzene rings is 1. The number of hydrogen-bond acceptors (Lipinski definition) is 3. The summed E-state index contributed by atoms with van der Waals surface area (Å²) in [7, 11) is 1.67. The number of carbonyl (C=O) groups excluding carboxylic acids is 1. The minimum atomic E-state index is -0.0711. The average molecular weight is 410 g/mol. The monoisotopic (exact) mass is 409 g/mol. The van der Waals surface area contributed by atoms with E-state index >= 15 is 0 Å². The number of amidine groups is 1. The number of anilines is 1. The number of aryl methyl sites for hydroxylation is 2. The first-order valence-corrected chi connectivity index (χ1v) is 10.7. The Balaban J connectivity index is 1.86. The van der Waals surface area contributed by atoms with Crippen LogP contribution in [0.2, 0.25) is 0 Å². The summed E-state index contributed by atoms with van der Waals surface area (Å²) in [5, 5.41) is 6.14. The minimum Gasteiger partial charge on any atom is -0.355 e. The standard InChI is InChI=1S/C22H27N5OS/c1-5-25-22(24-4)27-20(23-3)16-10-8-11-17(14(16)2)26-21(28)19-13-15-9-6-7-12-18(15)29-19/h8,10-11,13H,3,5-7,9,12H2,1-2,4H3,(H,24,25)(H,26,28)/b27-20-. The van der Waals surface area contributed by atoms with E-state index in [1.807, 2.05) is 38.1 Å². The Morgan fingerprint density at radius 1 is 1.28 bits per heavy atom. The summed E-state index contributed by atoms with van der Waals surface area (Å²) in [6, 6.07) is 7.74. The molecule has 0 radical (unpaired) electrons. The van der Waals surface area contributed by atoms with Gasteiger partial charge in [-0.1, -0.05) is 12.1 Å². The van der Waals surface area contributed by atoms with E-state index in [-0.39, 0.29) is 5.91 Å². The number of carbonyl (C=O) groups is 1. The Hall–Kier alpha value is -2.80. The van der Waals surface area contributed by atoms with Gasteiger partial charge in [0.1, 0.15) is 0 Å². The molecule has 1 aliphatic carbocycles. The molecule has 3 rings (SSSR count). The quantitative estimate of drug-likeness (QED) is 0.585. The van der Waals surface area contributed by atoms with Crippen LogP contribution in [0.15, 0.2) is 39.2 Å². The van der Waals surface area contributed by atoms with Crippen molar-refractivity contribution in [1.29, 1.82) is 0 Å². The van der Waals surface area contributed by atoms with E-state index in [1.54, 1.807) is 18.4 Å². The normalized spacial score (nSPS) is 14.3. The number of amides is 1. The van der Waals surface area contributed by atoms with E-state index in [4.69, 9.17) is 0 Å². The zero-order valence-corrected chi connectivity index (χ0v) is 18.0. The van der Waals surface area contributed by atoms with Crippen LogP contribution in [0.5, 0.6) is 0 Å². The van der Waals surface area contributed by atoms with Crippen LogP contribution in [-0.2, 0) is 12.8 Å². The molecule has 29 heavy (non-hydrogen) atoms. The first-order chi connectivity index (χ1) is 14.1. The lowest BCUT2D eigenvalue weighted by Gasteiger charge is -2.12. The van der Waals surface area contributed by atoms with Crippen molar-refractivity contribution in [1.82, 2.24) is 5.32 Å². The molecule has 0 aliphatic heterocycles. The van der Waals surface area contributed by atoms with Crippen LogP contribution in [0.25, 0.3) is 0 Å². The van der Waals surface area contributed by atoms with Crippen LogP contribution in [0.4, 0.5) is 5.69 Å². The first kappa shape index (κ1) is 20.9. The molecule has 1 amide bonds. The number of nitrogens with one attached hydrogen (secondary N) is 2. The van der Waals surface area contributed by atoms with E-state index in [2.05, 4.69) is 32.3 Å². The van der Waals surface area contributed by atoms with Crippen molar-refractivity contribution in [2.75, 3.05) is 18.9 Å². The van der Waals surface area contributed by atoms with Crippen molar-refractivity contribution >= 4 is 41.4 Å². The van der Waals surface area contributed by atoms with Crippen LogP contribution in [0.1, 0.15) is 51.0 Å². The number of aliphatic imine (C=N–C) groups is 3. The fraction of sp³-hybridized carbons (Fsp3) is 0.364. The third-order valence-electron chi connectivity index (χ3n) is 4.95. The van der Waals surface area contributed by atoms with Crippen molar-refractivity contribution in [2.45, 2.75) is 39.5 Å². The molecule has 1 aromatic carbocycles. The second-order valence-corrected chi connectivity index (χ2v) is 8.01. The van der Waals surface area contributed by atoms with Gasteiger partial charge in [0, 0.05) is 29.7 Å². The predicted molar refractivity (Wildman–Crippen MR) is 123 cm³/mol. The largest absolute Gasteiger partial charge is 0.355 e. The average Bonchev–Trinajstić information content (AvgIpc) is 3.17. The molecule has 0 unspecified atom stereocenters. The predicted octanol–water partition coefficient (Wildman–Crippen LogP) is 4.23. The van der Waals surface area contributed by atoms with Crippen molar-refractivity contribution in [2.24, 2.45) is 15.0 Å². The molecule has 0 atom stereocenters. The lowest BCUT2D eigenvalue weighted by Crippen LogP contribution is -2.22. The van der Waals surface area contributed by atoms with Gasteiger partial charge in [0.2, 0.25) is 5.96 Å². The fourth-order valence-corrected chi connectivity index (χ4v) is 4.56. The van der Waals surface area contributed by atoms with Crippen molar-refractivity contribution in [3.63, 3.8) is 0 Å². The number of fused-ring (bicyclic) bond motifs is 1. The first-order valence-electron chi connectivity index (χ1n) is 9.86. The number of hydrogen-bond donors (Lipinski definition) is 2. The SMILES string of the molecule is C=N/C(=N\C(=NC)NCC)c1cccc(NC(=O)c2cc3c(s2)CCCC3)c1C. The maximum absolute atomic E-state index is 12.8. The Kier molecular flexibility index (Phi) is 6.93. The van der Waals surface area contributed by atoms with Gasteiger partial charge in [0.05, 0.1) is 4.88 Å². The smallest absolute Gasteiger partial charge is 0.265 e. The highest BCUT2D eigenvalue weighted by molar-refractivity contribution is 7.14.